The second-order valence-electron chi connectivity index (χ2n) is 3.48. The van der Waals surface area contributed by atoms with Crippen LogP contribution in [-0.2, 0) is 9.53 Å². The van der Waals surface area contributed by atoms with Crippen LogP contribution in [0.2, 0.25) is 0 Å². The van der Waals surface area contributed by atoms with Gasteiger partial charge in [0.05, 0.1) is 0 Å². The lowest BCUT2D eigenvalue weighted by atomic mass is 9.95. The number of carbonyl (C=O) groups excluding carboxylic acids is 1. The van der Waals surface area contributed by atoms with Crippen molar-refractivity contribution in [1.82, 2.24) is 5.32 Å². The molecule has 0 saturated carbocycles. The molecule has 0 aromatic rings. The molecule has 1 atom stereocenters. The average Bonchev–Trinajstić information content (AvgIpc) is 2.17. The van der Waals surface area contributed by atoms with Crippen molar-refractivity contribution in [2.75, 3.05) is 20.3 Å². The first-order valence-corrected chi connectivity index (χ1v) is 5.16. The van der Waals surface area contributed by atoms with Gasteiger partial charge in [0.2, 0.25) is 5.91 Å². The fourth-order valence-electron chi connectivity index (χ4n) is 1.47. The third-order valence-electron chi connectivity index (χ3n) is 2.46. The van der Waals surface area contributed by atoms with E-state index in [1.807, 2.05) is 0 Å². The summed E-state index contributed by atoms with van der Waals surface area (Å²) in [7, 11) is 1.50. The summed E-state index contributed by atoms with van der Waals surface area (Å²) in [5.41, 5.74) is 5.93. The molecule has 4 nitrogen and oxygen atoms in total. The molecule has 0 aromatic carbocycles. The normalized spacial score (nSPS) is 12.9. The molecule has 0 aliphatic rings. The molecule has 0 fully saturated rings. The van der Waals surface area contributed by atoms with E-state index in [2.05, 4.69) is 19.2 Å². The minimum absolute atomic E-state index is 0.0470. The van der Waals surface area contributed by atoms with Crippen molar-refractivity contribution < 1.29 is 9.53 Å². The Hall–Kier alpha value is -0.610. The first-order chi connectivity index (χ1) is 6.65. The van der Waals surface area contributed by atoms with Crippen LogP contribution in [0.4, 0.5) is 0 Å². The Morgan fingerprint density at radius 1 is 1.43 bits per heavy atom. The van der Waals surface area contributed by atoms with Gasteiger partial charge in [-0.05, 0) is 5.92 Å². The summed E-state index contributed by atoms with van der Waals surface area (Å²) >= 11 is 0. The van der Waals surface area contributed by atoms with Crippen molar-refractivity contribution in [3.8, 4) is 0 Å². The van der Waals surface area contributed by atoms with Crippen molar-refractivity contribution in [3.63, 3.8) is 0 Å². The maximum Gasteiger partial charge on any atom is 0.246 e. The Morgan fingerprint density at radius 2 is 2.00 bits per heavy atom. The van der Waals surface area contributed by atoms with Crippen LogP contribution in [0.5, 0.6) is 0 Å². The second-order valence-corrected chi connectivity index (χ2v) is 3.48. The van der Waals surface area contributed by atoms with Crippen LogP contribution in [0.25, 0.3) is 0 Å². The molecule has 1 unspecified atom stereocenters. The molecule has 0 aliphatic carbocycles. The van der Waals surface area contributed by atoms with Gasteiger partial charge in [-0.15, -0.1) is 0 Å². The molecule has 0 spiro atoms. The fraction of sp³-hybridized carbons (Fsp3) is 0.900. The monoisotopic (exact) mass is 202 g/mol. The highest BCUT2D eigenvalue weighted by molar-refractivity contribution is 5.77. The van der Waals surface area contributed by atoms with E-state index in [-0.39, 0.29) is 18.6 Å². The third kappa shape index (κ3) is 5.19. The molecule has 0 aromatic heterocycles. The van der Waals surface area contributed by atoms with E-state index in [1.165, 1.54) is 7.11 Å². The molecule has 84 valence electrons. The number of nitrogens with two attached hydrogens (primary N) is 1. The molecule has 1 amide bonds. The molecule has 3 N–H and O–H groups in total. The number of nitrogens with one attached hydrogen (secondary N) is 1. The minimum Gasteiger partial charge on any atom is -0.375 e. The van der Waals surface area contributed by atoms with Gasteiger partial charge in [-0.3, -0.25) is 4.79 Å². The largest absolute Gasteiger partial charge is 0.375 e. The Balaban J connectivity index is 3.71. The summed E-state index contributed by atoms with van der Waals surface area (Å²) < 4.78 is 4.70. The van der Waals surface area contributed by atoms with Crippen molar-refractivity contribution in [3.05, 3.63) is 0 Å². The van der Waals surface area contributed by atoms with Gasteiger partial charge >= 0.3 is 0 Å². The standard InChI is InChI=1S/C10H22N2O2/c1-4-8(5-2)9(11)6-12-10(13)7-14-3/h8-9H,4-7,11H2,1-3H3,(H,12,13). The topological polar surface area (TPSA) is 64.3 Å². The SMILES string of the molecule is CCC(CC)C(N)CNC(=O)COC. The fourth-order valence-corrected chi connectivity index (χ4v) is 1.47. The number of hydrogen-bond acceptors (Lipinski definition) is 3. The quantitative estimate of drug-likeness (QED) is 0.632. The van der Waals surface area contributed by atoms with Crippen LogP contribution in [0.3, 0.4) is 0 Å². The molecule has 14 heavy (non-hydrogen) atoms. The van der Waals surface area contributed by atoms with Gasteiger partial charge < -0.3 is 15.8 Å². The Labute approximate surface area is 86.2 Å². The maximum absolute atomic E-state index is 11.1. The summed E-state index contributed by atoms with van der Waals surface area (Å²) in [6, 6.07) is 0.0470. The lowest BCUT2D eigenvalue weighted by molar-refractivity contribution is -0.124. The lowest BCUT2D eigenvalue weighted by Gasteiger charge is -2.21. The van der Waals surface area contributed by atoms with Gasteiger partial charge in [0.15, 0.2) is 0 Å². The second kappa shape index (κ2) is 7.76. The van der Waals surface area contributed by atoms with E-state index in [4.69, 9.17) is 10.5 Å². The zero-order valence-electron chi connectivity index (χ0n) is 9.38. The molecule has 0 bridgehead atoms. The lowest BCUT2D eigenvalue weighted by Crippen LogP contribution is -2.42. The van der Waals surface area contributed by atoms with Crippen molar-refractivity contribution >= 4 is 5.91 Å². The molecule has 0 aliphatic heterocycles. The molecule has 0 radical (unpaired) electrons. The van der Waals surface area contributed by atoms with Gasteiger partial charge in [0, 0.05) is 19.7 Å². The van der Waals surface area contributed by atoms with Gasteiger partial charge in [-0.25, -0.2) is 0 Å². The molecule has 0 rings (SSSR count). The zero-order chi connectivity index (χ0) is 11.0. The first-order valence-electron chi connectivity index (χ1n) is 5.16. The Morgan fingerprint density at radius 3 is 2.43 bits per heavy atom. The summed E-state index contributed by atoms with van der Waals surface area (Å²) in [4.78, 5) is 11.1. The van der Waals surface area contributed by atoms with Gasteiger partial charge in [-0.1, -0.05) is 26.7 Å². The molecule has 4 heteroatoms. The minimum atomic E-state index is -0.103. The summed E-state index contributed by atoms with van der Waals surface area (Å²) in [5, 5.41) is 2.74. The van der Waals surface area contributed by atoms with E-state index in [9.17, 15) is 4.79 Å². The predicted molar refractivity (Wildman–Crippen MR) is 56.9 cm³/mol. The number of carbonyl (C=O) groups is 1. The number of amides is 1. The number of rotatable bonds is 7. The van der Waals surface area contributed by atoms with Crippen LogP contribution in [0.15, 0.2) is 0 Å². The van der Waals surface area contributed by atoms with Gasteiger partial charge in [-0.2, -0.15) is 0 Å². The molecular weight excluding hydrogens is 180 g/mol. The van der Waals surface area contributed by atoms with E-state index in [0.29, 0.717) is 12.5 Å². The van der Waals surface area contributed by atoms with Crippen molar-refractivity contribution in [1.29, 1.82) is 0 Å². The van der Waals surface area contributed by atoms with Gasteiger partial charge in [0.1, 0.15) is 6.61 Å². The molecular formula is C10H22N2O2. The van der Waals surface area contributed by atoms with Crippen LogP contribution < -0.4 is 11.1 Å². The maximum atomic E-state index is 11.1. The third-order valence-corrected chi connectivity index (χ3v) is 2.46. The van der Waals surface area contributed by atoms with E-state index in [0.717, 1.165) is 12.8 Å². The summed E-state index contributed by atoms with van der Waals surface area (Å²) in [5.74, 6) is 0.381. The number of hydrogen-bond donors (Lipinski definition) is 2. The molecule has 0 saturated heterocycles. The van der Waals surface area contributed by atoms with Crippen molar-refractivity contribution in [2.24, 2.45) is 11.7 Å². The van der Waals surface area contributed by atoms with Crippen LogP contribution in [0, 0.1) is 5.92 Å². The van der Waals surface area contributed by atoms with E-state index < -0.39 is 0 Å². The van der Waals surface area contributed by atoms with E-state index in [1.54, 1.807) is 0 Å². The van der Waals surface area contributed by atoms with Crippen molar-refractivity contribution in [2.45, 2.75) is 32.7 Å². The smallest absolute Gasteiger partial charge is 0.246 e. The Kier molecular flexibility index (Phi) is 7.42. The molecule has 0 heterocycles. The highest BCUT2D eigenvalue weighted by Gasteiger charge is 2.14. The zero-order valence-corrected chi connectivity index (χ0v) is 9.38. The van der Waals surface area contributed by atoms with E-state index >= 15 is 0 Å². The van der Waals surface area contributed by atoms with Crippen LogP contribution in [0.1, 0.15) is 26.7 Å². The summed E-state index contributed by atoms with van der Waals surface area (Å²) in [6.07, 6.45) is 2.11. The average molecular weight is 202 g/mol. The Bertz CT molecular complexity index is 158. The van der Waals surface area contributed by atoms with Gasteiger partial charge in [0.25, 0.3) is 0 Å². The number of ether oxygens (including phenoxy) is 1. The highest BCUT2D eigenvalue weighted by atomic mass is 16.5. The number of methoxy groups -OCH3 is 1. The highest BCUT2D eigenvalue weighted by Crippen LogP contribution is 2.10. The van der Waals surface area contributed by atoms with Crippen LogP contribution in [-0.4, -0.2) is 32.2 Å². The first kappa shape index (κ1) is 13.4. The predicted octanol–water partition coefficient (Wildman–Crippen LogP) is 0.513. The summed E-state index contributed by atoms with van der Waals surface area (Å²) in [6.45, 7) is 4.88. The van der Waals surface area contributed by atoms with Crippen LogP contribution >= 0.6 is 0 Å².